The van der Waals surface area contributed by atoms with E-state index < -0.39 is 17.9 Å². The lowest BCUT2D eigenvalue weighted by Crippen LogP contribution is -2.40. The number of esters is 1. The summed E-state index contributed by atoms with van der Waals surface area (Å²) in [5.74, 6) is -0.456. The molecule has 0 aliphatic heterocycles. The fourth-order valence-corrected chi connectivity index (χ4v) is 4.62. The van der Waals surface area contributed by atoms with E-state index in [0.717, 1.165) is 23.7 Å². The van der Waals surface area contributed by atoms with E-state index in [0.29, 0.717) is 11.5 Å². The van der Waals surface area contributed by atoms with Gasteiger partial charge in [-0.1, -0.05) is 0 Å². The van der Waals surface area contributed by atoms with Gasteiger partial charge in [0, 0.05) is 0 Å². The number of nitrogens with one attached hydrogen (secondary N) is 1. The Labute approximate surface area is 194 Å². The van der Waals surface area contributed by atoms with Gasteiger partial charge < -0.3 is 19.9 Å². The fraction of sp³-hybridized carbons (Fsp3) is 0.333. The maximum atomic E-state index is 12.6. The number of benzene rings is 2. The van der Waals surface area contributed by atoms with Crippen LogP contribution in [0.5, 0.6) is 17.2 Å². The predicted molar refractivity (Wildman–Crippen MR) is 126 cm³/mol. The van der Waals surface area contributed by atoms with E-state index >= 15 is 0 Å². The molecule has 0 radical (unpaired) electrons. The molecule has 2 rings (SSSR count). The number of hydrogen-bond donors (Lipinski definition) is 2. The topological polar surface area (TPSA) is 84.9 Å². The number of rotatable bonds is 8. The van der Waals surface area contributed by atoms with E-state index in [1.807, 2.05) is 12.1 Å². The summed E-state index contributed by atoms with van der Waals surface area (Å²) < 4.78 is 12.6. The lowest BCUT2D eigenvalue weighted by atomic mass is 10.1. The van der Waals surface area contributed by atoms with Gasteiger partial charge in [-0.3, -0.25) is 4.79 Å². The van der Waals surface area contributed by atoms with Crippen LogP contribution >= 0.6 is 40.4 Å². The molecule has 2 N–H and O–H groups in total. The second-order valence-electron chi connectivity index (χ2n) is 6.88. The minimum absolute atomic E-state index is 0.00672. The van der Waals surface area contributed by atoms with Crippen molar-refractivity contribution in [2.45, 2.75) is 39.1 Å². The Morgan fingerprint density at radius 1 is 1.13 bits per heavy atom. The van der Waals surface area contributed by atoms with Crippen molar-refractivity contribution in [1.82, 2.24) is 5.32 Å². The Kier molecular flexibility index (Phi) is 9.13. The number of carbonyl (C=O) groups excluding carboxylic acids is 2. The van der Waals surface area contributed by atoms with Crippen LogP contribution in [0.1, 0.15) is 36.7 Å². The molecule has 0 aliphatic rings. The minimum atomic E-state index is -0.862. The summed E-state index contributed by atoms with van der Waals surface area (Å²) in [6.07, 6.45) is 0.682. The highest BCUT2D eigenvalue weighted by atomic mass is 79.9. The van der Waals surface area contributed by atoms with E-state index in [4.69, 9.17) is 9.47 Å². The zero-order valence-electron chi connectivity index (χ0n) is 17.1. The molecule has 0 spiro atoms. The molecule has 0 fully saturated rings. The quantitative estimate of drug-likeness (QED) is 0.325. The first-order valence-corrected chi connectivity index (χ1v) is 12.6. The normalized spacial score (nSPS) is 12.2. The molecule has 0 saturated heterocycles. The number of hydrogen-bond acceptors (Lipinski definition) is 5. The molecule has 0 bridgehead atoms. The fourth-order valence-electron chi connectivity index (χ4n) is 2.56. The van der Waals surface area contributed by atoms with Crippen molar-refractivity contribution in [1.29, 1.82) is 0 Å². The standard InChI is InChI=1S/C21H24Br2NO5P/c1-11(2)28-21(27)12(3)24-20(26)15-9-14(5-6-18(15)25)29-19-16(22)7-13(10-30-4)8-17(19)23/h5-9,11-12,25,30H,10H2,1-4H3,(H,24,26)/t12-/m0/s1. The van der Waals surface area contributed by atoms with Crippen LogP contribution in [0.25, 0.3) is 0 Å². The number of phenolic OH excluding ortho intramolecular Hbond substituents is 1. The third-order valence-corrected chi connectivity index (χ3v) is 5.86. The first-order valence-electron chi connectivity index (χ1n) is 9.27. The zero-order valence-corrected chi connectivity index (χ0v) is 21.3. The molecule has 162 valence electrons. The van der Waals surface area contributed by atoms with E-state index in [1.165, 1.54) is 24.6 Å². The molecule has 0 heterocycles. The lowest BCUT2D eigenvalue weighted by molar-refractivity contribution is -0.149. The van der Waals surface area contributed by atoms with Gasteiger partial charge in [0.1, 0.15) is 17.5 Å². The molecule has 0 aliphatic carbocycles. The van der Waals surface area contributed by atoms with Gasteiger partial charge in [-0.25, -0.2) is 4.79 Å². The van der Waals surface area contributed by atoms with Crippen LogP contribution in [0.2, 0.25) is 0 Å². The third kappa shape index (κ3) is 6.69. The summed E-state index contributed by atoms with van der Waals surface area (Å²) in [5.41, 5.74) is 1.17. The summed E-state index contributed by atoms with van der Waals surface area (Å²) in [6, 6.07) is 7.47. The average molecular weight is 561 g/mol. The van der Waals surface area contributed by atoms with Crippen molar-refractivity contribution in [3.63, 3.8) is 0 Å². The maximum Gasteiger partial charge on any atom is 0.328 e. The largest absolute Gasteiger partial charge is 0.507 e. The molecule has 9 heteroatoms. The van der Waals surface area contributed by atoms with E-state index in [1.54, 1.807) is 19.9 Å². The van der Waals surface area contributed by atoms with Gasteiger partial charge in [-0.05, 0) is 101 Å². The number of amides is 1. The smallest absolute Gasteiger partial charge is 0.328 e. The second kappa shape index (κ2) is 11.1. The molecule has 1 unspecified atom stereocenters. The highest BCUT2D eigenvalue weighted by Crippen LogP contribution is 2.39. The average Bonchev–Trinajstić information content (AvgIpc) is 2.65. The van der Waals surface area contributed by atoms with Gasteiger partial charge in [-0.2, -0.15) is 0 Å². The molecule has 30 heavy (non-hydrogen) atoms. The molecule has 2 aromatic carbocycles. The van der Waals surface area contributed by atoms with Crippen LogP contribution in [-0.2, 0) is 15.7 Å². The first kappa shape index (κ1) is 24.6. The molecule has 6 nitrogen and oxygen atoms in total. The van der Waals surface area contributed by atoms with Crippen LogP contribution in [0.3, 0.4) is 0 Å². The number of phenols is 1. The number of aromatic hydroxyl groups is 1. The number of halogens is 2. The molecular formula is C21H24Br2NO5P. The maximum absolute atomic E-state index is 12.6. The summed E-state index contributed by atoms with van der Waals surface area (Å²) in [7, 11) is 0.798. The molecule has 2 aromatic rings. The summed E-state index contributed by atoms with van der Waals surface area (Å²) >= 11 is 7.05. The van der Waals surface area contributed by atoms with Crippen LogP contribution < -0.4 is 10.1 Å². The second-order valence-corrected chi connectivity index (χ2v) is 9.65. The molecular weight excluding hydrogens is 537 g/mol. The van der Waals surface area contributed by atoms with Gasteiger partial charge in [0.05, 0.1) is 20.6 Å². The Morgan fingerprint density at radius 3 is 2.33 bits per heavy atom. The van der Waals surface area contributed by atoms with Crippen molar-refractivity contribution in [3.05, 3.63) is 50.4 Å². The number of carbonyl (C=O) groups is 2. The van der Waals surface area contributed by atoms with Gasteiger partial charge in [0.2, 0.25) is 0 Å². The van der Waals surface area contributed by atoms with E-state index in [2.05, 4.69) is 43.8 Å². The van der Waals surface area contributed by atoms with Crippen molar-refractivity contribution < 1.29 is 24.2 Å². The molecule has 1 amide bonds. The van der Waals surface area contributed by atoms with Crippen LogP contribution in [0.4, 0.5) is 0 Å². The van der Waals surface area contributed by atoms with Crippen molar-refractivity contribution in [2.75, 3.05) is 6.66 Å². The molecule has 2 atom stereocenters. The predicted octanol–water partition coefficient (Wildman–Crippen LogP) is 5.59. The monoisotopic (exact) mass is 559 g/mol. The number of ether oxygens (including phenoxy) is 2. The molecule has 0 aromatic heterocycles. The van der Waals surface area contributed by atoms with Crippen LogP contribution in [0.15, 0.2) is 39.3 Å². The van der Waals surface area contributed by atoms with Crippen molar-refractivity contribution in [2.24, 2.45) is 0 Å². The Morgan fingerprint density at radius 2 is 1.77 bits per heavy atom. The van der Waals surface area contributed by atoms with Gasteiger partial charge in [0.25, 0.3) is 5.91 Å². The summed E-state index contributed by atoms with van der Waals surface area (Å²) in [4.78, 5) is 24.5. The van der Waals surface area contributed by atoms with Crippen molar-refractivity contribution >= 4 is 52.3 Å². The van der Waals surface area contributed by atoms with Gasteiger partial charge in [0.15, 0.2) is 5.75 Å². The van der Waals surface area contributed by atoms with Crippen molar-refractivity contribution in [3.8, 4) is 17.2 Å². The Balaban J connectivity index is 2.21. The van der Waals surface area contributed by atoms with Crippen LogP contribution in [0, 0.1) is 0 Å². The Bertz CT molecular complexity index is 913. The van der Waals surface area contributed by atoms with E-state index in [9.17, 15) is 14.7 Å². The molecule has 0 saturated carbocycles. The highest BCUT2D eigenvalue weighted by molar-refractivity contribution is 9.11. The SMILES string of the molecule is CPCc1cc(Br)c(Oc2ccc(O)c(C(=O)N[C@@H](C)C(=O)OC(C)C)c2)c(Br)c1. The van der Waals surface area contributed by atoms with Gasteiger partial charge >= 0.3 is 5.97 Å². The zero-order chi connectivity index (χ0) is 22.4. The van der Waals surface area contributed by atoms with Gasteiger partial charge in [-0.15, -0.1) is 8.58 Å². The third-order valence-electron chi connectivity index (χ3n) is 3.92. The lowest BCUT2D eigenvalue weighted by Gasteiger charge is -2.16. The highest BCUT2D eigenvalue weighted by Gasteiger charge is 2.21. The van der Waals surface area contributed by atoms with Crippen LogP contribution in [-0.4, -0.2) is 35.8 Å². The van der Waals surface area contributed by atoms with E-state index in [-0.39, 0.29) is 17.4 Å². The first-order chi connectivity index (χ1) is 14.1. The summed E-state index contributed by atoms with van der Waals surface area (Å²) in [5, 5.41) is 12.7. The minimum Gasteiger partial charge on any atom is -0.507 e. The Hall–Kier alpha value is -1.63. The summed E-state index contributed by atoms with van der Waals surface area (Å²) in [6.45, 7) is 7.11.